The molecule has 124 valence electrons. The van der Waals surface area contributed by atoms with Crippen molar-refractivity contribution in [1.29, 1.82) is 0 Å². The highest BCUT2D eigenvalue weighted by Gasteiger charge is 2.31. The van der Waals surface area contributed by atoms with E-state index in [4.69, 9.17) is 9.47 Å². The maximum absolute atomic E-state index is 12.5. The van der Waals surface area contributed by atoms with Gasteiger partial charge in [-0.1, -0.05) is 6.07 Å². The summed E-state index contributed by atoms with van der Waals surface area (Å²) in [5.41, 5.74) is 0.533. The van der Waals surface area contributed by atoms with Gasteiger partial charge in [-0.25, -0.2) is 0 Å². The molecule has 0 aliphatic carbocycles. The Kier molecular flexibility index (Phi) is 4.05. The molecular formula is C19H18O4S. The van der Waals surface area contributed by atoms with Gasteiger partial charge >= 0.3 is 5.97 Å². The largest absolute Gasteiger partial charge is 0.452 e. The number of Topliss-reactive ketones (excluding diaryl/α,β-unsaturated/α-hetero) is 1. The molecule has 0 saturated carbocycles. The second-order valence-electron chi connectivity index (χ2n) is 6.66. The summed E-state index contributed by atoms with van der Waals surface area (Å²) in [6.07, 6.45) is 1.73. The van der Waals surface area contributed by atoms with Gasteiger partial charge in [0.05, 0.1) is 11.0 Å². The number of fused-ring (bicyclic) bond motifs is 1. The molecule has 0 bridgehead atoms. The molecule has 1 aliphatic rings. The van der Waals surface area contributed by atoms with E-state index in [2.05, 4.69) is 0 Å². The Hall–Kier alpha value is -2.40. The van der Waals surface area contributed by atoms with E-state index in [1.165, 1.54) is 11.3 Å². The SMILES string of the molecule is Cc1c(OC(=O)C(C)(C)C)ccc2c1O/C(=C\c1cccs1)C2=O. The summed E-state index contributed by atoms with van der Waals surface area (Å²) >= 11 is 1.53. The minimum atomic E-state index is -0.605. The lowest BCUT2D eigenvalue weighted by molar-refractivity contribution is -0.143. The molecule has 4 nitrogen and oxygen atoms in total. The van der Waals surface area contributed by atoms with Crippen LogP contribution in [0.25, 0.3) is 6.08 Å². The standard InChI is InChI=1S/C19H18O4S/c1-11-14(23-18(21)19(2,3)4)8-7-13-16(20)15(22-17(11)13)10-12-6-5-9-24-12/h5-10H,1-4H3/b15-10-. The van der Waals surface area contributed by atoms with Crippen molar-refractivity contribution in [3.8, 4) is 11.5 Å². The third-order valence-corrected chi connectivity index (χ3v) is 4.49. The van der Waals surface area contributed by atoms with Crippen LogP contribution in [0.3, 0.4) is 0 Å². The third kappa shape index (κ3) is 2.99. The Morgan fingerprint density at radius 2 is 2.00 bits per heavy atom. The summed E-state index contributed by atoms with van der Waals surface area (Å²) in [7, 11) is 0. The Morgan fingerprint density at radius 3 is 2.62 bits per heavy atom. The molecule has 1 aromatic carbocycles. The van der Waals surface area contributed by atoms with Gasteiger partial charge in [0.15, 0.2) is 5.76 Å². The molecule has 0 fully saturated rings. The van der Waals surface area contributed by atoms with Crippen LogP contribution in [0.1, 0.15) is 41.6 Å². The van der Waals surface area contributed by atoms with Crippen LogP contribution in [0.2, 0.25) is 0 Å². The second kappa shape index (κ2) is 5.91. The zero-order chi connectivity index (χ0) is 17.5. The first-order chi connectivity index (χ1) is 11.3. The van der Waals surface area contributed by atoms with Crippen LogP contribution in [0.5, 0.6) is 11.5 Å². The number of benzene rings is 1. The van der Waals surface area contributed by atoms with E-state index in [1.807, 2.05) is 17.5 Å². The average Bonchev–Trinajstić information content (AvgIpc) is 3.11. The fourth-order valence-electron chi connectivity index (χ4n) is 2.23. The van der Waals surface area contributed by atoms with Crippen LogP contribution >= 0.6 is 11.3 Å². The molecule has 1 aromatic heterocycles. The van der Waals surface area contributed by atoms with Crippen molar-refractivity contribution in [3.63, 3.8) is 0 Å². The summed E-state index contributed by atoms with van der Waals surface area (Å²) in [5, 5.41) is 1.94. The number of rotatable bonds is 2. The number of thiophene rings is 1. The van der Waals surface area contributed by atoms with E-state index < -0.39 is 5.41 Å². The summed E-state index contributed by atoms with van der Waals surface area (Å²) in [4.78, 5) is 25.5. The molecule has 0 N–H and O–H groups in total. The molecule has 0 amide bonds. The zero-order valence-electron chi connectivity index (χ0n) is 14.0. The quantitative estimate of drug-likeness (QED) is 0.454. The normalized spacial score (nSPS) is 15.3. The molecule has 2 heterocycles. The van der Waals surface area contributed by atoms with Gasteiger partial charge in [0, 0.05) is 16.5 Å². The van der Waals surface area contributed by atoms with E-state index in [0.29, 0.717) is 22.6 Å². The molecule has 0 unspecified atom stereocenters. The van der Waals surface area contributed by atoms with Crippen LogP contribution in [0.4, 0.5) is 0 Å². The highest BCUT2D eigenvalue weighted by Crippen LogP contribution is 2.40. The number of ketones is 1. The fourth-order valence-corrected chi connectivity index (χ4v) is 2.88. The molecule has 0 spiro atoms. The van der Waals surface area contributed by atoms with Crippen LogP contribution in [-0.2, 0) is 4.79 Å². The highest BCUT2D eigenvalue weighted by molar-refractivity contribution is 7.10. The maximum atomic E-state index is 12.5. The maximum Gasteiger partial charge on any atom is 0.316 e. The molecule has 5 heteroatoms. The van der Waals surface area contributed by atoms with E-state index in [0.717, 1.165) is 4.88 Å². The summed E-state index contributed by atoms with van der Waals surface area (Å²) in [5.74, 6) is 0.676. The number of allylic oxidation sites excluding steroid dienone is 1. The number of ether oxygens (including phenoxy) is 2. The number of carbonyl (C=O) groups excluding carboxylic acids is 2. The lowest BCUT2D eigenvalue weighted by atomic mass is 9.97. The smallest absolute Gasteiger partial charge is 0.316 e. The van der Waals surface area contributed by atoms with Gasteiger partial charge in [-0.05, 0) is 51.3 Å². The molecule has 3 rings (SSSR count). The van der Waals surface area contributed by atoms with E-state index in [-0.39, 0.29) is 17.5 Å². The Labute approximate surface area is 144 Å². The zero-order valence-corrected chi connectivity index (χ0v) is 14.8. The second-order valence-corrected chi connectivity index (χ2v) is 7.64. The van der Waals surface area contributed by atoms with Gasteiger partial charge in [0.25, 0.3) is 0 Å². The summed E-state index contributed by atoms with van der Waals surface area (Å²) in [6.45, 7) is 7.16. The van der Waals surface area contributed by atoms with Gasteiger partial charge in [-0.2, -0.15) is 0 Å². The number of carbonyl (C=O) groups is 2. The van der Waals surface area contributed by atoms with Gasteiger partial charge in [0.1, 0.15) is 11.5 Å². The van der Waals surface area contributed by atoms with Crippen LogP contribution in [0.15, 0.2) is 35.4 Å². The number of hydrogen-bond acceptors (Lipinski definition) is 5. The van der Waals surface area contributed by atoms with Crippen molar-refractivity contribution in [2.24, 2.45) is 5.41 Å². The minimum Gasteiger partial charge on any atom is -0.452 e. The molecule has 1 aliphatic heterocycles. The van der Waals surface area contributed by atoms with Crippen LogP contribution < -0.4 is 9.47 Å². The van der Waals surface area contributed by atoms with Crippen molar-refractivity contribution < 1.29 is 19.1 Å². The van der Waals surface area contributed by atoms with Crippen LogP contribution in [0, 0.1) is 12.3 Å². The lowest BCUT2D eigenvalue weighted by Gasteiger charge is -2.17. The first-order valence-electron chi connectivity index (χ1n) is 7.61. The first-order valence-corrected chi connectivity index (χ1v) is 8.49. The van der Waals surface area contributed by atoms with Crippen molar-refractivity contribution in [3.05, 3.63) is 51.4 Å². The average molecular weight is 342 g/mol. The Morgan fingerprint density at radius 1 is 1.25 bits per heavy atom. The predicted octanol–water partition coefficient (Wildman–Crippen LogP) is 4.62. The molecule has 0 atom stereocenters. The van der Waals surface area contributed by atoms with Gasteiger partial charge in [0.2, 0.25) is 5.78 Å². The first kappa shape index (κ1) is 16.5. The third-order valence-electron chi connectivity index (χ3n) is 3.67. The summed E-state index contributed by atoms with van der Waals surface area (Å²) in [6, 6.07) is 7.12. The van der Waals surface area contributed by atoms with E-state index in [1.54, 1.807) is 45.9 Å². The molecule has 0 saturated heterocycles. The predicted molar refractivity (Wildman–Crippen MR) is 93.5 cm³/mol. The monoisotopic (exact) mass is 342 g/mol. The Balaban J connectivity index is 1.93. The number of hydrogen-bond donors (Lipinski definition) is 0. The van der Waals surface area contributed by atoms with E-state index in [9.17, 15) is 9.59 Å². The minimum absolute atomic E-state index is 0.157. The lowest BCUT2D eigenvalue weighted by Crippen LogP contribution is -2.25. The van der Waals surface area contributed by atoms with Gasteiger partial charge < -0.3 is 9.47 Å². The van der Waals surface area contributed by atoms with Crippen molar-refractivity contribution in [1.82, 2.24) is 0 Å². The van der Waals surface area contributed by atoms with Gasteiger partial charge in [-0.3, -0.25) is 9.59 Å². The van der Waals surface area contributed by atoms with Gasteiger partial charge in [-0.15, -0.1) is 11.3 Å². The molecular weight excluding hydrogens is 324 g/mol. The topological polar surface area (TPSA) is 52.6 Å². The molecule has 2 aromatic rings. The van der Waals surface area contributed by atoms with Crippen molar-refractivity contribution in [2.75, 3.05) is 0 Å². The number of esters is 1. The molecule has 0 radical (unpaired) electrons. The Bertz CT molecular complexity index is 839. The van der Waals surface area contributed by atoms with E-state index >= 15 is 0 Å². The highest BCUT2D eigenvalue weighted by atomic mass is 32.1. The molecule has 24 heavy (non-hydrogen) atoms. The summed E-state index contributed by atoms with van der Waals surface area (Å²) < 4.78 is 11.2. The van der Waals surface area contributed by atoms with Crippen LogP contribution in [-0.4, -0.2) is 11.8 Å². The van der Waals surface area contributed by atoms with Crippen molar-refractivity contribution >= 4 is 29.2 Å². The fraction of sp³-hybridized carbons (Fsp3) is 0.263. The van der Waals surface area contributed by atoms with Crippen molar-refractivity contribution in [2.45, 2.75) is 27.7 Å².